The largest absolute Gasteiger partial charge is 0.392 e. The molecule has 0 heterocycles. The molecule has 0 atom stereocenters. The monoisotopic (exact) mass is 220 g/mol. The van der Waals surface area contributed by atoms with Crippen molar-refractivity contribution in [1.29, 1.82) is 0 Å². The van der Waals surface area contributed by atoms with Crippen molar-refractivity contribution in [2.24, 2.45) is 0 Å². The van der Waals surface area contributed by atoms with E-state index in [1.807, 2.05) is 0 Å². The molecule has 0 saturated carbocycles. The van der Waals surface area contributed by atoms with E-state index in [2.05, 4.69) is 0 Å². The van der Waals surface area contributed by atoms with E-state index in [4.69, 9.17) is 5.11 Å². The van der Waals surface area contributed by atoms with E-state index in [1.165, 1.54) is 18.2 Å². The topological polar surface area (TPSA) is 20.2 Å². The van der Waals surface area contributed by atoms with E-state index >= 15 is 0 Å². The Labute approximate surface area is 92.0 Å². The van der Waals surface area contributed by atoms with E-state index in [-0.39, 0.29) is 12.2 Å². The highest BCUT2D eigenvalue weighted by atomic mass is 19.1. The molecule has 0 aliphatic rings. The second-order valence-corrected chi connectivity index (χ2v) is 3.44. The lowest BCUT2D eigenvalue weighted by Crippen LogP contribution is -1.91. The van der Waals surface area contributed by atoms with Gasteiger partial charge in [0.2, 0.25) is 0 Å². The van der Waals surface area contributed by atoms with Gasteiger partial charge in [-0.15, -0.1) is 0 Å². The molecule has 2 aromatic rings. The van der Waals surface area contributed by atoms with E-state index in [0.717, 1.165) is 0 Å². The second kappa shape index (κ2) is 4.41. The van der Waals surface area contributed by atoms with Gasteiger partial charge in [-0.1, -0.05) is 30.3 Å². The van der Waals surface area contributed by atoms with E-state index in [9.17, 15) is 8.78 Å². The lowest BCUT2D eigenvalue weighted by Gasteiger charge is -2.05. The molecule has 2 rings (SSSR count). The van der Waals surface area contributed by atoms with Gasteiger partial charge in [-0.2, -0.15) is 0 Å². The summed E-state index contributed by atoms with van der Waals surface area (Å²) in [6.07, 6.45) is 0. The Morgan fingerprint density at radius 3 is 2.31 bits per heavy atom. The summed E-state index contributed by atoms with van der Waals surface area (Å²) >= 11 is 0. The summed E-state index contributed by atoms with van der Waals surface area (Å²) in [6.45, 7) is -0.358. The predicted molar refractivity (Wildman–Crippen MR) is 57.7 cm³/mol. The molecule has 0 bridgehead atoms. The number of halogens is 2. The Bertz CT molecular complexity index is 509. The Morgan fingerprint density at radius 1 is 0.938 bits per heavy atom. The maximum Gasteiger partial charge on any atom is 0.131 e. The summed E-state index contributed by atoms with van der Waals surface area (Å²) < 4.78 is 26.8. The number of rotatable bonds is 2. The molecule has 0 unspecified atom stereocenters. The maximum absolute atomic E-state index is 13.4. The predicted octanol–water partition coefficient (Wildman–Crippen LogP) is 3.12. The average Bonchev–Trinajstić information content (AvgIpc) is 2.29. The van der Waals surface area contributed by atoms with Crippen LogP contribution >= 0.6 is 0 Å². The first kappa shape index (κ1) is 10.8. The van der Waals surface area contributed by atoms with Crippen molar-refractivity contribution in [3.05, 3.63) is 59.7 Å². The first-order valence-corrected chi connectivity index (χ1v) is 4.86. The summed E-state index contributed by atoms with van der Waals surface area (Å²) in [7, 11) is 0. The van der Waals surface area contributed by atoms with Crippen molar-refractivity contribution in [3.63, 3.8) is 0 Å². The van der Waals surface area contributed by atoms with Crippen molar-refractivity contribution in [1.82, 2.24) is 0 Å². The van der Waals surface area contributed by atoms with Crippen LogP contribution in [0.4, 0.5) is 8.78 Å². The van der Waals surface area contributed by atoms with E-state index in [1.54, 1.807) is 24.3 Å². The zero-order chi connectivity index (χ0) is 11.5. The van der Waals surface area contributed by atoms with Crippen molar-refractivity contribution in [2.45, 2.75) is 6.61 Å². The van der Waals surface area contributed by atoms with Crippen molar-refractivity contribution in [3.8, 4) is 11.1 Å². The third-order valence-electron chi connectivity index (χ3n) is 2.41. The van der Waals surface area contributed by atoms with Crippen LogP contribution in [0.5, 0.6) is 0 Å². The van der Waals surface area contributed by atoms with Gasteiger partial charge in [0.15, 0.2) is 0 Å². The fourth-order valence-corrected chi connectivity index (χ4v) is 1.54. The van der Waals surface area contributed by atoms with Crippen LogP contribution in [0.1, 0.15) is 5.56 Å². The minimum atomic E-state index is -0.525. The molecule has 0 aromatic heterocycles. The van der Waals surface area contributed by atoms with Gasteiger partial charge in [0.05, 0.1) is 6.61 Å². The van der Waals surface area contributed by atoms with Crippen LogP contribution in [0, 0.1) is 11.6 Å². The molecule has 82 valence electrons. The molecule has 0 saturated heterocycles. The fraction of sp³-hybridized carbons (Fsp3) is 0.0769. The van der Waals surface area contributed by atoms with Gasteiger partial charge in [-0.25, -0.2) is 8.78 Å². The molecule has 0 spiro atoms. The Morgan fingerprint density at radius 2 is 1.69 bits per heavy atom. The first-order chi connectivity index (χ1) is 7.72. The molecule has 3 heteroatoms. The molecule has 2 aromatic carbocycles. The van der Waals surface area contributed by atoms with Crippen LogP contribution in [-0.2, 0) is 6.61 Å². The Kier molecular flexibility index (Phi) is 2.97. The highest BCUT2D eigenvalue weighted by Crippen LogP contribution is 2.24. The highest BCUT2D eigenvalue weighted by molar-refractivity contribution is 5.64. The van der Waals surface area contributed by atoms with Crippen LogP contribution in [0.3, 0.4) is 0 Å². The van der Waals surface area contributed by atoms with Crippen LogP contribution in [-0.4, -0.2) is 5.11 Å². The molecule has 0 radical (unpaired) electrons. The molecular weight excluding hydrogens is 210 g/mol. The van der Waals surface area contributed by atoms with E-state index in [0.29, 0.717) is 11.1 Å². The summed E-state index contributed by atoms with van der Waals surface area (Å²) in [5, 5.41) is 8.82. The van der Waals surface area contributed by atoms with Gasteiger partial charge in [0.1, 0.15) is 11.6 Å². The lowest BCUT2D eigenvalue weighted by molar-refractivity contribution is 0.276. The van der Waals surface area contributed by atoms with Gasteiger partial charge in [0, 0.05) is 11.1 Å². The summed E-state index contributed by atoms with van der Waals surface area (Å²) in [5.41, 5.74) is 1.03. The lowest BCUT2D eigenvalue weighted by atomic mass is 10.0. The minimum absolute atomic E-state index is 0.208. The molecule has 16 heavy (non-hydrogen) atoms. The first-order valence-electron chi connectivity index (χ1n) is 4.86. The van der Waals surface area contributed by atoms with Crippen LogP contribution in [0.2, 0.25) is 0 Å². The minimum Gasteiger partial charge on any atom is -0.392 e. The van der Waals surface area contributed by atoms with Gasteiger partial charge < -0.3 is 5.11 Å². The van der Waals surface area contributed by atoms with Gasteiger partial charge in [0.25, 0.3) is 0 Å². The van der Waals surface area contributed by atoms with Gasteiger partial charge >= 0.3 is 0 Å². The van der Waals surface area contributed by atoms with Gasteiger partial charge in [-0.3, -0.25) is 0 Å². The number of benzene rings is 2. The molecular formula is C13H10F2O. The van der Waals surface area contributed by atoms with Crippen LogP contribution in [0.15, 0.2) is 42.5 Å². The highest BCUT2D eigenvalue weighted by Gasteiger charge is 2.07. The zero-order valence-electron chi connectivity index (χ0n) is 8.45. The molecule has 0 amide bonds. The quantitative estimate of drug-likeness (QED) is 0.824. The number of hydrogen-bond donors (Lipinski definition) is 1. The Hall–Kier alpha value is -1.74. The third kappa shape index (κ3) is 1.95. The van der Waals surface area contributed by atoms with Gasteiger partial charge in [-0.05, 0) is 17.7 Å². The number of aliphatic hydroxyl groups is 1. The maximum atomic E-state index is 13.4. The molecule has 0 aliphatic carbocycles. The smallest absolute Gasteiger partial charge is 0.131 e. The second-order valence-electron chi connectivity index (χ2n) is 3.44. The third-order valence-corrected chi connectivity index (χ3v) is 2.41. The normalized spacial score (nSPS) is 10.4. The Balaban J connectivity index is 2.50. The molecule has 0 fully saturated rings. The molecule has 0 aliphatic heterocycles. The standard InChI is InChI=1S/C13H10F2O/c14-12-4-2-1-3-11(12)9-5-6-10(8-16)13(15)7-9/h1-7,16H,8H2. The SMILES string of the molecule is OCc1ccc(-c2ccccc2F)cc1F. The van der Waals surface area contributed by atoms with Crippen molar-refractivity contribution in [2.75, 3.05) is 0 Å². The fourth-order valence-electron chi connectivity index (χ4n) is 1.54. The van der Waals surface area contributed by atoms with Crippen molar-refractivity contribution < 1.29 is 13.9 Å². The average molecular weight is 220 g/mol. The van der Waals surface area contributed by atoms with E-state index < -0.39 is 11.6 Å². The molecule has 1 nitrogen and oxygen atoms in total. The summed E-state index contributed by atoms with van der Waals surface area (Å²) in [4.78, 5) is 0. The summed E-state index contributed by atoms with van der Waals surface area (Å²) in [5.74, 6) is -0.915. The molecule has 1 N–H and O–H groups in total. The van der Waals surface area contributed by atoms with Crippen LogP contribution in [0.25, 0.3) is 11.1 Å². The summed E-state index contributed by atoms with van der Waals surface area (Å²) in [6, 6.07) is 10.5. The van der Waals surface area contributed by atoms with Crippen molar-refractivity contribution >= 4 is 0 Å². The number of hydrogen-bond acceptors (Lipinski definition) is 1. The number of aliphatic hydroxyl groups excluding tert-OH is 1. The zero-order valence-corrected chi connectivity index (χ0v) is 8.45. The van der Waals surface area contributed by atoms with Crippen LogP contribution < -0.4 is 0 Å².